The monoisotopic (exact) mass is 260 g/mol. The molecule has 0 saturated heterocycles. The van der Waals surface area contributed by atoms with Gasteiger partial charge in [0.2, 0.25) is 0 Å². The molecule has 0 atom stereocenters. The number of Topliss-reactive ketones (excluding diaryl/α,β-unsaturated/α-hetero) is 1. The SMILES string of the molecule is CC(C)CCOc1ccccc1C(=O)C(F)(F)F. The van der Waals surface area contributed by atoms with E-state index >= 15 is 0 Å². The number of ketones is 1. The first kappa shape index (κ1) is 14.5. The predicted molar refractivity (Wildman–Crippen MR) is 61.8 cm³/mol. The second kappa shape index (κ2) is 5.89. The van der Waals surface area contributed by atoms with Gasteiger partial charge >= 0.3 is 6.18 Å². The highest BCUT2D eigenvalue weighted by atomic mass is 19.4. The normalized spacial score (nSPS) is 11.7. The number of hydrogen-bond donors (Lipinski definition) is 0. The lowest BCUT2D eigenvalue weighted by Crippen LogP contribution is -2.23. The molecular weight excluding hydrogens is 245 g/mol. The van der Waals surface area contributed by atoms with Crippen LogP contribution < -0.4 is 4.74 Å². The highest BCUT2D eigenvalue weighted by Crippen LogP contribution is 2.27. The summed E-state index contributed by atoms with van der Waals surface area (Å²) in [5.41, 5.74) is -0.436. The van der Waals surface area contributed by atoms with E-state index in [1.165, 1.54) is 18.2 Å². The number of ether oxygens (including phenoxy) is 1. The summed E-state index contributed by atoms with van der Waals surface area (Å²) in [7, 11) is 0. The Bertz CT molecular complexity index is 411. The van der Waals surface area contributed by atoms with Crippen molar-refractivity contribution in [1.82, 2.24) is 0 Å². The zero-order valence-corrected chi connectivity index (χ0v) is 10.3. The van der Waals surface area contributed by atoms with E-state index in [9.17, 15) is 18.0 Å². The van der Waals surface area contributed by atoms with E-state index in [1.54, 1.807) is 0 Å². The summed E-state index contributed by atoms with van der Waals surface area (Å²) in [6, 6.07) is 5.42. The van der Waals surface area contributed by atoms with Crippen molar-refractivity contribution in [2.24, 2.45) is 5.92 Å². The molecule has 1 aromatic rings. The summed E-state index contributed by atoms with van der Waals surface area (Å²) in [6.07, 6.45) is -4.16. The molecule has 2 nitrogen and oxygen atoms in total. The van der Waals surface area contributed by atoms with Gasteiger partial charge in [-0.2, -0.15) is 13.2 Å². The van der Waals surface area contributed by atoms with Gasteiger partial charge in [-0.05, 0) is 24.5 Å². The molecule has 1 rings (SSSR count). The maximum absolute atomic E-state index is 12.4. The first-order valence-electron chi connectivity index (χ1n) is 5.65. The van der Waals surface area contributed by atoms with Gasteiger partial charge in [0.05, 0.1) is 12.2 Å². The molecule has 100 valence electrons. The van der Waals surface area contributed by atoms with Crippen LogP contribution in [0.25, 0.3) is 0 Å². The van der Waals surface area contributed by atoms with Crippen LogP contribution in [-0.2, 0) is 0 Å². The van der Waals surface area contributed by atoms with Gasteiger partial charge in [-0.1, -0.05) is 26.0 Å². The largest absolute Gasteiger partial charge is 0.493 e. The Labute approximate surface area is 104 Å². The van der Waals surface area contributed by atoms with E-state index in [2.05, 4.69) is 0 Å². The van der Waals surface area contributed by atoms with Crippen molar-refractivity contribution in [3.8, 4) is 5.75 Å². The van der Waals surface area contributed by atoms with Crippen molar-refractivity contribution in [1.29, 1.82) is 0 Å². The summed E-state index contributed by atoms with van der Waals surface area (Å²) in [4.78, 5) is 11.2. The lowest BCUT2D eigenvalue weighted by atomic mass is 10.1. The minimum Gasteiger partial charge on any atom is -0.493 e. The van der Waals surface area contributed by atoms with E-state index in [0.29, 0.717) is 18.9 Å². The van der Waals surface area contributed by atoms with Crippen molar-refractivity contribution >= 4 is 5.78 Å². The number of para-hydroxylation sites is 1. The van der Waals surface area contributed by atoms with Gasteiger partial charge in [-0.25, -0.2) is 0 Å². The Morgan fingerprint density at radius 1 is 1.28 bits per heavy atom. The molecule has 18 heavy (non-hydrogen) atoms. The average molecular weight is 260 g/mol. The molecule has 0 N–H and O–H groups in total. The fourth-order valence-electron chi connectivity index (χ4n) is 1.34. The average Bonchev–Trinajstić information content (AvgIpc) is 2.27. The lowest BCUT2D eigenvalue weighted by molar-refractivity contribution is -0.0886. The Balaban J connectivity index is 2.83. The number of benzene rings is 1. The summed E-state index contributed by atoms with van der Waals surface area (Å²) >= 11 is 0. The minimum atomic E-state index is -4.88. The van der Waals surface area contributed by atoms with Gasteiger partial charge in [0.25, 0.3) is 5.78 Å². The van der Waals surface area contributed by atoms with Crippen LogP contribution in [0.2, 0.25) is 0 Å². The minimum absolute atomic E-state index is 0.0134. The molecule has 0 saturated carbocycles. The first-order chi connectivity index (χ1) is 8.32. The maximum Gasteiger partial charge on any atom is 0.455 e. The quantitative estimate of drug-likeness (QED) is 0.751. The van der Waals surface area contributed by atoms with Crippen LogP contribution in [0, 0.1) is 5.92 Å². The molecule has 0 amide bonds. The molecule has 0 radical (unpaired) electrons. The van der Waals surface area contributed by atoms with Crippen molar-refractivity contribution in [3.63, 3.8) is 0 Å². The highest BCUT2D eigenvalue weighted by Gasteiger charge is 2.40. The van der Waals surface area contributed by atoms with E-state index in [0.717, 1.165) is 6.07 Å². The van der Waals surface area contributed by atoms with Crippen molar-refractivity contribution in [2.45, 2.75) is 26.4 Å². The van der Waals surface area contributed by atoms with Gasteiger partial charge in [-0.3, -0.25) is 4.79 Å². The first-order valence-corrected chi connectivity index (χ1v) is 5.65. The number of rotatable bonds is 5. The molecule has 5 heteroatoms. The molecule has 0 heterocycles. The Morgan fingerprint density at radius 3 is 2.44 bits per heavy atom. The number of hydrogen-bond acceptors (Lipinski definition) is 2. The number of halogens is 3. The van der Waals surface area contributed by atoms with Crippen LogP contribution in [0.1, 0.15) is 30.6 Å². The summed E-state index contributed by atoms with van der Waals surface area (Å²) in [6.45, 7) is 4.26. The van der Waals surface area contributed by atoms with Crippen molar-refractivity contribution in [2.75, 3.05) is 6.61 Å². The smallest absolute Gasteiger partial charge is 0.455 e. The fourth-order valence-corrected chi connectivity index (χ4v) is 1.34. The summed E-state index contributed by atoms with van der Waals surface area (Å²) < 4.78 is 42.3. The molecule has 0 aliphatic rings. The third kappa shape index (κ3) is 4.05. The zero-order valence-electron chi connectivity index (χ0n) is 10.3. The van der Waals surface area contributed by atoms with Crippen molar-refractivity contribution < 1.29 is 22.7 Å². The Morgan fingerprint density at radius 2 is 1.89 bits per heavy atom. The van der Waals surface area contributed by atoms with Crippen LogP contribution >= 0.6 is 0 Å². The molecular formula is C13H15F3O2. The number of carbonyl (C=O) groups is 1. The van der Waals surface area contributed by atoms with Gasteiger partial charge in [-0.15, -0.1) is 0 Å². The molecule has 0 bridgehead atoms. The van der Waals surface area contributed by atoms with Gasteiger partial charge < -0.3 is 4.74 Å². The number of alkyl halides is 3. The van der Waals surface area contributed by atoms with Crippen LogP contribution in [0.4, 0.5) is 13.2 Å². The lowest BCUT2D eigenvalue weighted by Gasteiger charge is -2.12. The van der Waals surface area contributed by atoms with E-state index in [1.807, 2.05) is 13.8 Å². The van der Waals surface area contributed by atoms with Crippen LogP contribution in [0.3, 0.4) is 0 Å². The van der Waals surface area contributed by atoms with Crippen molar-refractivity contribution in [3.05, 3.63) is 29.8 Å². The van der Waals surface area contributed by atoms with Crippen LogP contribution in [0.5, 0.6) is 5.75 Å². The molecule has 0 unspecified atom stereocenters. The third-order valence-corrected chi connectivity index (χ3v) is 2.34. The molecule has 1 aromatic carbocycles. The van der Waals surface area contributed by atoms with Crippen LogP contribution in [-0.4, -0.2) is 18.6 Å². The second-order valence-electron chi connectivity index (χ2n) is 4.35. The van der Waals surface area contributed by atoms with Gasteiger partial charge in [0.15, 0.2) is 0 Å². The highest BCUT2D eigenvalue weighted by molar-refractivity contribution is 6.02. The van der Waals surface area contributed by atoms with Gasteiger partial charge in [0.1, 0.15) is 5.75 Å². The molecule has 0 spiro atoms. The second-order valence-corrected chi connectivity index (χ2v) is 4.35. The Kier molecular flexibility index (Phi) is 4.76. The van der Waals surface area contributed by atoms with Crippen LogP contribution in [0.15, 0.2) is 24.3 Å². The zero-order chi connectivity index (χ0) is 13.8. The van der Waals surface area contributed by atoms with E-state index < -0.39 is 17.5 Å². The molecule has 0 fully saturated rings. The molecule has 0 aliphatic heterocycles. The molecule has 0 aromatic heterocycles. The molecule has 0 aliphatic carbocycles. The summed E-state index contributed by atoms with van der Waals surface area (Å²) in [5, 5.41) is 0. The number of carbonyl (C=O) groups excluding carboxylic acids is 1. The van der Waals surface area contributed by atoms with Gasteiger partial charge in [0, 0.05) is 0 Å². The third-order valence-electron chi connectivity index (χ3n) is 2.34. The predicted octanol–water partition coefficient (Wildman–Crippen LogP) is 3.86. The van der Waals surface area contributed by atoms with E-state index in [-0.39, 0.29) is 5.75 Å². The standard InChI is InChI=1S/C13H15F3O2/c1-9(2)7-8-18-11-6-4-3-5-10(11)12(17)13(14,15)16/h3-6,9H,7-8H2,1-2H3. The van der Waals surface area contributed by atoms with E-state index in [4.69, 9.17) is 4.74 Å². The Hall–Kier alpha value is -1.52. The maximum atomic E-state index is 12.4. The fraction of sp³-hybridized carbons (Fsp3) is 0.462. The topological polar surface area (TPSA) is 26.3 Å². The summed E-state index contributed by atoms with van der Waals surface area (Å²) in [5.74, 6) is -1.50.